The zero-order valence-corrected chi connectivity index (χ0v) is 23.2. The molecule has 2 N–H and O–H groups in total. The number of ether oxygens (including phenoxy) is 1. The summed E-state index contributed by atoms with van der Waals surface area (Å²) >= 11 is 0. The maximum atomic E-state index is 12.7. The first kappa shape index (κ1) is 29.1. The Morgan fingerprint density at radius 3 is 2.50 bits per heavy atom. The minimum atomic E-state index is -1.07. The molecule has 42 heavy (non-hydrogen) atoms. The third-order valence-corrected chi connectivity index (χ3v) is 7.35. The molecule has 2 saturated heterocycles. The van der Waals surface area contributed by atoms with E-state index in [4.69, 9.17) is 9.57 Å². The lowest BCUT2D eigenvalue weighted by molar-refractivity contribution is -0.198. The number of benzene rings is 2. The van der Waals surface area contributed by atoms with Gasteiger partial charge in [-0.2, -0.15) is 0 Å². The molecule has 2 amide bonds. The molecule has 3 heterocycles. The van der Waals surface area contributed by atoms with Gasteiger partial charge < -0.3 is 9.84 Å². The van der Waals surface area contributed by atoms with Crippen molar-refractivity contribution in [2.45, 2.75) is 44.6 Å². The van der Waals surface area contributed by atoms with E-state index in [-0.39, 0.29) is 11.8 Å². The average Bonchev–Trinajstić information content (AvgIpc) is 3.48. The Morgan fingerprint density at radius 2 is 1.81 bits per heavy atom. The molecule has 0 aliphatic carbocycles. The van der Waals surface area contributed by atoms with Crippen molar-refractivity contribution in [3.8, 4) is 0 Å². The van der Waals surface area contributed by atoms with Gasteiger partial charge in [-0.25, -0.2) is 20.1 Å². The minimum Gasteiger partial charge on any atom is -0.465 e. The number of carboxylic acid groups (broad SMARTS) is 1. The zero-order valence-electron chi connectivity index (χ0n) is 23.2. The number of hydroxylamine groups is 1. The molecule has 1 unspecified atom stereocenters. The van der Waals surface area contributed by atoms with Crippen molar-refractivity contribution in [2.75, 3.05) is 24.6 Å². The van der Waals surface area contributed by atoms with Gasteiger partial charge >= 0.3 is 6.09 Å². The largest absolute Gasteiger partial charge is 0.465 e. The van der Waals surface area contributed by atoms with Crippen molar-refractivity contribution >= 4 is 29.7 Å². The fourth-order valence-electron chi connectivity index (χ4n) is 5.16. The Bertz CT molecular complexity index is 1390. The molecule has 0 saturated carbocycles. The molecule has 1 aromatic heterocycles. The van der Waals surface area contributed by atoms with Crippen molar-refractivity contribution in [1.29, 1.82) is 0 Å². The second-order valence-corrected chi connectivity index (χ2v) is 10.4. The second kappa shape index (κ2) is 14.0. The molecule has 2 aromatic carbocycles. The van der Waals surface area contributed by atoms with E-state index in [0.717, 1.165) is 31.4 Å². The highest BCUT2D eigenvalue weighted by Gasteiger charge is 2.32. The number of rotatable bonds is 10. The van der Waals surface area contributed by atoms with Crippen LogP contribution in [0.1, 0.15) is 52.7 Å². The monoisotopic (exact) mass is 570 g/mol. The zero-order chi connectivity index (χ0) is 29.3. The van der Waals surface area contributed by atoms with Crippen LogP contribution in [0.3, 0.4) is 0 Å². The van der Waals surface area contributed by atoms with E-state index in [2.05, 4.69) is 15.4 Å². The summed E-state index contributed by atoms with van der Waals surface area (Å²) in [5, 5.41) is 10.00. The maximum absolute atomic E-state index is 12.7. The van der Waals surface area contributed by atoms with E-state index in [9.17, 15) is 19.5 Å². The molecule has 0 bridgehead atoms. The molecular formula is C32H34N4O6. The molecule has 218 valence electrons. The number of aromatic nitrogens is 1. The van der Waals surface area contributed by atoms with Crippen LogP contribution in [-0.2, 0) is 20.9 Å². The van der Waals surface area contributed by atoms with Crippen molar-refractivity contribution in [1.82, 2.24) is 15.4 Å². The molecule has 2 atom stereocenters. The van der Waals surface area contributed by atoms with E-state index < -0.39 is 18.3 Å². The Hall–Kier alpha value is -4.38. The van der Waals surface area contributed by atoms with E-state index in [0.29, 0.717) is 48.6 Å². The standard InChI is InChI=1S/C32H34N4O6/c37-29(34-42-30-8-4-5-19-41-30)16-12-23-11-15-28(33-20-23)36(32(39)40)27-17-18-35(22-27)21-24-9-13-26(14-10-24)31(38)25-6-2-1-3-7-25/h1-3,6-7,9-16,20,27,30H,4-5,8,17-19,21-22H2,(H,34,37)(H,39,40)/t27-,30?/m1/s1. The number of nitrogens with zero attached hydrogens (tertiary/aromatic N) is 3. The molecule has 0 spiro atoms. The smallest absolute Gasteiger partial charge is 0.413 e. The molecule has 10 nitrogen and oxygen atoms in total. The van der Waals surface area contributed by atoms with Gasteiger partial charge in [0.2, 0.25) is 0 Å². The molecule has 2 aliphatic rings. The summed E-state index contributed by atoms with van der Waals surface area (Å²) < 4.78 is 5.41. The lowest BCUT2D eigenvalue weighted by Crippen LogP contribution is -2.41. The summed E-state index contributed by atoms with van der Waals surface area (Å²) in [7, 11) is 0. The van der Waals surface area contributed by atoms with E-state index in [1.807, 2.05) is 42.5 Å². The van der Waals surface area contributed by atoms with Gasteiger partial charge in [0.1, 0.15) is 5.82 Å². The highest BCUT2D eigenvalue weighted by atomic mass is 16.8. The Kier molecular flexibility index (Phi) is 9.70. The molecule has 2 fully saturated rings. The van der Waals surface area contributed by atoms with Crippen molar-refractivity contribution < 1.29 is 29.1 Å². The summed E-state index contributed by atoms with van der Waals surface area (Å²) in [4.78, 5) is 50.1. The molecule has 2 aliphatic heterocycles. The van der Waals surface area contributed by atoms with Crippen LogP contribution in [0.4, 0.5) is 10.6 Å². The summed E-state index contributed by atoms with van der Waals surface area (Å²) in [5.74, 6) is -0.113. The maximum Gasteiger partial charge on any atom is 0.413 e. The third kappa shape index (κ3) is 7.67. The van der Waals surface area contributed by atoms with Crippen LogP contribution in [0.2, 0.25) is 0 Å². The lowest BCUT2D eigenvalue weighted by atomic mass is 10.0. The quantitative estimate of drug-likeness (QED) is 0.205. The van der Waals surface area contributed by atoms with Gasteiger partial charge in [0, 0.05) is 56.1 Å². The van der Waals surface area contributed by atoms with Gasteiger partial charge in [0.25, 0.3) is 5.91 Å². The predicted octanol–water partition coefficient (Wildman–Crippen LogP) is 4.66. The van der Waals surface area contributed by atoms with Crippen LogP contribution in [0.25, 0.3) is 6.08 Å². The number of pyridine rings is 1. The molecule has 10 heteroatoms. The number of hydrogen-bond donors (Lipinski definition) is 2. The fourth-order valence-corrected chi connectivity index (χ4v) is 5.16. The van der Waals surface area contributed by atoms with Crippen LogP contribution >= 0.6 is 0 Å². The van der Waals surface area contributed by atoms with E-state index >= 15 is 0 Å². The van der Waals surface area contributed by atoms with Crippen LogP contribution in [0, 0.1) is 0 Å². The molecule has 0 radical (unpaired) electrons. The third-order valence-electron chi connectivity index (χ3n) is 7.35. The SMILES string of the molecule is O=C(C=Cc1ccc(N(C(=O)O)[C@@H]2CCN(Cc3ccc(C(=O)c4ccccc4)cc3)C2)nc1)NOC1CCCCO1. The first-order chi connectivity index (χ1) is 20.5. The van der Waals surface area contributed by atoms with Crippen molar-refractivity contribution in [3.63, 3.8) is 0 Å². The number of likely N-dealkylation sites (tertiary alicyclic amines) is 1. The molecule has 5 rings (SSSR count). The van der Waals surface area contributed by atoms with E-state index in [1.54, 1.807) is 30.3 Å². The average molecular weight is 571 g/mol. The van der Waals surface area contributed by atoms with Crippen LogP contribution in [-0.4, -0.2) is 64.8 Å². The summed E-state index contributed by atoms with van der Waals surface area (Å²) in [6.07, 6.45) is 6.33. The number of hydrogen-bond acceptors (Lipinski definition) is 7. The van der Waals surface area contributed by atoms with Gasteiger partial charge in [0.15, 0.2) is 12.1 Å². The van der Waals surface area contributed by atoms with Gasteiger partial charge in [-0.05, 0) is 48.6 Å². The van der Waals surface area contributed by atoms with Gasteiger partial charge in [-0.15, -0.1) is 0 Å². The Balaban J connectivity index is 1.13. The number of carbonyl (C=O) groups is 3. The first-order valence-electron chi connectivity index (χ1n) is 14.1. The van der Waals surface area contributed by atoms with E-state index in [1.165, 1.54) is 17.2 Å². The minimum absolute atomic E-state index is 0.0171. The number of nitrogens with one attached hydrogen (secondary N) is 1. The number of ketones is 1. The van der Waals surface area contributed by atoms with Crippen LogP contribution in [0.5, 0.6) is 0 Å². The Morgan fingerprint density at radius 1 is 1.02 bits per heavy atom. The number of carbonyl (C=O) groups excluding carboxylic acids is 2. The topological polar surface area (TPSA) is 121 Å². The lowest BCUT2D eigenvalue weighted by Gasteiger charge is -2.25. The number of amides is 2. The van der Waals surface area contributed by atoms with Crippen molar-refractivity contribution in [3.05, 3.63) is 101 Å². The Labute approximate surface area is 244 Å². The van der Waals surface area contributed by atoms with Crippen molar-refractivity contribution in [2.24, 2.45) is 0 Å². The first-order valence-corrected chi connectivity index (χ1v) is 14.1. The highest BCUT2D eigenvalue weighted by Crippen LogP contribution is 2.24. The number of anilines is 1. The summed E-state index contributed by atoms with van der Waals surface area (Å²) in [6, 6.07) is 19.9. The van der Waals surface area contributed by atoms with Crippen LogP contribution in [0.15, 0.2) is 79.0 Å². The highest BCUT2D eigenvalue weighted by molar-refractivity contribution is 6.08. The fraction of sp³-hybridized carbons (Fsp3) is 0.312. The van der Waals surface area contributed by atoms with Gasteiger partial charge in [0.05, 0.1) is 6.04 Å². The summed E-state index contributed by atoms with van der Waals surface area (Å²) in [5.41, 5.74) is 5.35. The van der Waals surface area contributed by atoms with Crippen LogP contribution < -0.4 is 10.4 Å². The van der Waals surface area contributed by atoms with Gasteiger partial charge in [-0.1, -0.05) is 54.6 Å². The summed E-state index contributed by atoms with van der Waals surface area (Å²) in [6.45, 7) is 2.57. The normalized spacial score (nSPS) is 19.0. The second-order valence-electron chi connectivity index (χ2n) is 10.4. The predicted molar refractivity (Wildman–Crippen MR) is 157 cm³/mol. The van der Waals surface area contributed by atoms with Gasteiger partial charge in [-0.3, -0.25) is 19.4 Å². The molecule has 3 aromatic rings. The molecular weight excluding hydrogens is 536 g/mol.